The van der Waals surface area contributed by atoms with Crippen LogP contribution in [0.5, 0.6) is 0 Å². The van der Waals surface area contributed by atoms with Crippen LogP contribution in [0.2, 0.25) is 0 Å². The standard InChI is InChI=1S/C12H20N2O3/c1-3-17-12(16)10-6-9-4-5-14(8(2)15)7-11(9)13-10/h9-11,13H,3-7H2,1-2H3/t9-,10-,11-/m0/s1. The van der Waals surface area contributed by atoms with Crippen LogP contribution in [0.25, 0.3) is 0 Å². The second kappa shape index (κ2) is 5.04. The van der Waals surface area contributed by atoms with Crippen molar-refractivity contribution in [3.05, 3.63) is 0 Å². The highest BCUT2D eigenvalue weighted by Crippen LogP contribution is 2.29. The summed E-state index contributed by atoms with van der Waals surface area (Å²) in [5.41, 5.74) is 0. The number of nitrogens with one attached hydrogen (secondary N) is 1. The minimum absolute atomic E-state index is 0.116. The van der Waals surface area contributed by atoms with Crippen molar-refractivity contribution >= 4 is 11.9 Å². The van der Waals surface area contributed by atoms with E-state index in [-0.39, 0.29) is 24.0 Å². The van der Waals surface area contributed by atoms with Crippen LogP contribution in [-0.4, -0.2) is 48.6 Å². The average Bonchev–Trinajstić information content (AvgIpc) is 2.71. The Bertz CT molecular complexity index is 319. The Hall–Kier alpha value is -1.10. The van der Waals surface area contributed by atoms with E-state index in [1.165, 1.54) is 0 Å². The molecule has 0 spiro atoms. The summed E-state index contributed by atoms with van der Waals surface area (Å²) in [6.07, 6.45) is 1.82. The molecule has 2 aliphatic heterocycles. The topological polar surface area (TPSA) is 58.6 Å². The number of hydrogen-bond acceptors (Lipinski definition) is 4. The molecule has 2 saturated heterocycles. The molecule has 0 unspecified atom stereocenters. The summed E-state index contributed by atoms with van der Waals surface area (Å²) in [5, 5.41) is 3.29. The molecule has 2 fully saturated rings. The van der Waals surface area contributed by atoms with Gasteiger partial charge in [-0.25, -0.2) is 0 Å². The Labute approximate surface area is 101 Å². The van der Waals surface area contributed by atoms with E-state index in [1.54, 1.807) is 6.92 Å². The van der Waals surface area contributed by atoms with Gasteiger partial charge in [0.25, 0.3) is 0 Å². The monoisotopic (exact) mass is 240 g/mol. The van der Waals surface area contributed by atoms with Crippen molar-refractivity contribution in [2.45, 2.75) is 38.8 Å². The van der Waals surface area contributed by atoms with E-state index >= 15 is 0 Å². The van der Waals surface area contributed by atoms with Gasteiger partial charge in [0.2, 0.25) is 5.91 Å². The van der Waals surface area contributed by atoms with E-state index in [2.05, 4.69) is 5.32 Å². The molecule has 2 rings (SSSR count). The molecule has 0 saturated carbocycles. The van der Waals surface area contributed by atoms with Crippen LogP contribution < -0.4 is 5.32 Å². The van der Waals surface area contributed by atoms with Gasteiger partial charge in [0.1, 0.15) is 6.04 Å². The highest BCUT2D eigenvalue weighted by molar-refractivity contribution is 5.76. The van der Waals surface area contributed by atoms with Gasteiger partial charge in [-0.05, 0) is 25.7 Å². The summed E-state index contributed by atoms with van der Waals surface area (Å²) in [5.74, 6) is 0.459. The number of fused-ring (bicyclic) bond motifs is 1. The molecule has 96 valence electrons. The molecule has 5 nitrogen and oxygen atoms in total. The predicted molar refractivity (Wildman–Crippen MR) is 62.3 cm³/mol. The van der Waals surface area contributed by atoms with E-state index in [9.17, 15) is 9.59 Å². The Kier molecular flexibility index (Phi) is 3.66. The molecule has 1 N–H and O–H groups in total. The van der Waals surface area contributed by atoms with Crippen molar-refractivity contribution in [2.75, 3.05) is 19.7 Å². The first kappa shape index (κ1) is 12.4. The molecule has 0 aliphatic carbocycles. The lowest BCUT2D eigenvalue weighted by Gasteiger charge is -2.34. The molecule has 2 aliphatic rings. The number of carbonyl (C=O) groups excluding carboxylic acids is 2. The van der Waals surface area contributed by atoms with E-state index in [4.69, 9.17) is 4.74 Å². The summed E-state index contributed by atoms with van der Waals surface area (Å²) in [7, 11) is 0. The molecule has 5 heteroatoms. The van der Waals surface area contributed by atoms with Gasteiger partial charge in [0.15, 0.2) is 0 Å². The van der Waals surface area contributed by atoms with Gasteiger partial charge >= 0.3 is 5.97 Å². The van der Waals surface area contributed by atoms with Crippen LogP contribution in [0, 0.1) is 5.92 Å². The van der Waals surface area contributed by atoms with E-state index in [1.807, 2.05) is 11.8 Å². The van der Waals surface area contributed by atoms with Crippen molar-refractivity contribution in [3.63, 3.8) is 0 Å². The minimum atomic E-state index is -0.183. The van der Waals surface area contributed by atoms with Gasteiger partial charge in [0, 0.05) is 26.1 Å². The van der Waals surface area contributed by atoms with Crippen molar-refractivity contribution in [1.82, 2.24) is 10.2 Å². The maximum Gasteiger partial charge on any atom is 0.323 e. The Morgan fingerprint density at radius 1 is 1.47 bits per heavy atom. The van der Waals surface area contributed by atoms with Gasteiger partial charge in [-0.15, -0.1) is 0 Å². The Balaban J connectivity index is 1.92. The van der Waals surface area contributed by atoms with Crippen LogP contribution in [0.15, 0.2) is 0 Å². The lowest BCUT2D eigenvalue weighted by molar-refractivity contribution is -0.145. The first-order valence-electron chi connectivity index (χ1n) is 6.30. The molecule has 3 atom stereocenters. The maximum absolute atomic E-state index is 11.6. The van der Waals surface area contributed by atoms with Crippen molar-refractivity contribution in [2.24, 2.45) is 5.92 Å². The molecule has 17 heavy (non-hydrogen) atoms. The van der Waals surface area contributed by atoms with Crippen LogP contribution in [-0.2, 0) is 14.3 Å². The first-order valence-corrected chi connectivity index (χ1v) is 6.30. The fraction of sp³-hybridized carbons (Fsp3) is 0.833. The highest BCUT2D eigenvalue weighted by atomic mass is 16.5. The minimum Gasteiger partial charge on any atom is -0.465 e. The van der Waals surface area contributed by atoms with Gasteiger partial charge in [-0.1, -0.05) is 0 Å². The summed E-state index contributed by atoms with van der Waals surface area (Å²) in [6, 6.07) is 0.0684. The third-order valence-electron chi connectivity index (χ3n) is 3.73. The summed E-state index contributed by atoms with van der Waals surface area (Å²) in [6.45, 7) is 5.37. The quantitative estimate of drug-likeness (QED) is 0.698. The molecule has 2 heterocycles. The van der Waals surface area contributed by atoms with Crippen LogP contribution in [0.4, 0.5) is 0 Å². The largest absolute Gasteiger partial charge is 0.465 e. The Morgan fingerprint density at radius 3 is 2.88 bits per heavy atom. The number of carbonyl (C=O) groups is 2. The number of piperidine rings is 1. The second-order valence-electron chi connectivity index (χ2n) is 4.83. The van der Waals surface area contributed by atoms with Crippen LogP contribution in [0.1, 0.15) is 26.7 Å². The number of rotatable bonds is 2. The zero-order valence-electron chi connectivity index (χ0n) is 10.4. The third kappa shape index (κ3) is 2.60. The van der Waals surface area contributed by atoms with E-state index < -0.39 is 0 Å². The highest BCUT2D eigenvalue weighted by Gasteiger charge is 2.41. The fourth-order valence-electron chi connectivity index (χ4n) is 2.79. The second-order valence-corrected chi connectivity index (χ2v) is 4.83. The lowest BCUT2D eigenvalue weighted by Crippen LogP contribution is -2.49. The summed E-state index contributed by atoms with van der Waals surface area (Å²) >= 11 is 0. The fourth-order valence-corrected chi connectivity index (χ4v) is 2.79. The number of amides is 1. The number of ether oxygens (including phenoxy) is 1. The smallest absolute Gasteiger partial charge is 0.323 e. The van der Waals surface area contributed by atoms with Crippen molar-refractivity contribution in [3.8, 4) is 0 Å². The molecular weight excluding hydrogens is 220 g/mol. The molecule has 0 radical (unpaired) electrons. The van der Waals surface area contributed by atoms with Crippen LogP contribution in [0.3, 0.4) is 0 Å². The number of nitrogens with zero attached hydrogens (tertiary/aromatic N) is 1. The summed E-state index contributed by atoms with van der Waals surface area (Å²) < 4.78 is 5.02. The number of esters is 1. The summed E-state index contributed by atoms with van der Waals surface area (Å²) in [4.78, 5) is 24.8. The lowest BCUT2D eigenvalue weighted by atomic mass is 9.91. The normalized spacial score (nSPS) is 32.1. The van der Waals surface area contributed by atoms with Gasteiger partial charge in [0.05, 0.1) is 6.61 Å². The van der Waals surface area contributed by atoms with Gasteiger partial charge < -0.3 is 9.64 Å². The maximum atomic E-state index is 11.6. The predicted octanol–water partition coefficient (Wildman–Crippen LogP) is 0.148. The van der Waals surface area contributed by atoms with E-state index in [0.717, 1.165) is 25.9 Å². The molecular formula is C12H20N2O3. The van der Waals surface area contributed by atoms with Gasteiger partial charge in [-0.2, -0.15) is 0 Å². The number of likely N-dealkylation sites (tertiary alicyclic amines) is 1. The zero-order chi connectivity index (χ0) is 12.4. The molecule has 0 bridgehead atoms. The van der Waals surface area contributed by atoms with Crippen LogP contribution >= 0.6 is 0 Å². The van der Waals surface area contributed by atoms with Crippen molar-refractivity contribution < 1.29 is 14.3 Å². The Morgan fingerprint density at radius 2 is 2.24 bits per heavy atom. The molecule has 0 aromatic rings. The van der Waals surface area contributed by atoms with Gasteiger partial charge in [-0.3, -0.25) is 14.9 Å². The molecule has 1 amide bonds. The third-order valence-corrected chi connectivity index (χ3v) is 3.73. The molecule has 0 aromatic heterocycles. The van der Waals surface area contributed by atoms with Crippen molar-refractivity contribution in [1.29, 1.82) is 0 Å². The molecule has 0 aromatic carbocycles. The first-order chi connectivity index (χ1) is 8.11. The zero-order valence-corrected chi connectivity index (χ0v) is 10.4. The van der Waals surface area contributed by atoms with E-state index in [0.29, 0.717) is 12.5 Å². The average molecular weight is 240 g/mol. The number of hydrogen-bond donors (Lipinski definition) is 1. The SMILES string of the molecule is CCOC(=O)[C@@H]1C[C@@H]2CCN(C(C)=O)C[C@@H]2N1.